The van der Waals surface area contributed by atoms with Crippen LogP contribution < -0.4 is 19.5 Å². The summed E-state index contributed by atoms with van der Waals surface area (Å²) >= 11 is 9.49. The maximum atomic E-state index is 12.6. The van der Waals surface area contributed by atoms with Crippen LogP contribution in [0.2, 0.25) is 5.02 Å². The van der Waals surface area contributed by atoms with E-state index in [0.29, 0.717) is 38.0 Å². The van der Waals surface area contributed by atoms with Crippen molar-refractivity contribution in [2.75, 3.05) is 19.2 Å². The average molecular weight is 450 g/mol. The summed E-state index contributed by atoms with van der Waals surface area (Å²) in [5, 5.41) is 12.6. The van der Waals surface area contributed by atoms with Gasteiger partial charge in [0.2, 0.25) is 6.79 Å². The van der Waals surface area contributed by atoms with Crippen LogP contribution in [0.1, 0.15) is 11.1 Å². The van der Waals surface area contributed by atoms with Crippen LogP contribution in [0.5, 0.6) is 17.2 Å². The second kappa shape index (κ2) is 7.91. The van der Waals surface area contributed by atoms with E-state index < -0.39 is 5.91 Å². The molecule has 0 spiro atoms. The van der Waals surface area contributed by atoms with Crippen LogP contribution in [0.25, 0.3) is 6.08 Å². The maximum Gasteiger partial charge on any atom is 0.266 e. The molecule has 8 heteroatoms. The smallest absolute Gasteiger partial charge is 0.266 e. The van der Waals surface area contributed by atoms with Crippen LogP contribution in [0.3, 0.4) is 0 Å². The molecule has 1 amide bonds. The van der Waals surface area contributed by atoms with Gasteiger partial charge in [0, 0.05) is 15.6 Å². The van der Waals surface area contributed by atoms with E-state index in [2.05, 4.69) is 21.2 Å². The van der Waals surface area contributed by atoms with E-state index in [9.17, 15) is 10.1 Å². The predicted molar refractivity (Wildman–Crippen MR) is 105 cm³/mol. The van der Waals surface area contributed by atoms with Crippen molar-refractivity contribution >= 4 is 45.2 Å². The zero-order valence-electron chi connectivity index (χ0n) is 14.4. The molecule has 0 fully saturated rings. The highest BCUT2D eigenvalue weighted by Gasteiger charge is 2.18. The molecule has 3 rings (SSSR count). The van der Waals surface area contributed by atoms with Crippen molar-refractivity contribution < 1.29 is 19.0 Å². The Morgan fingerprint density at radius 3 is 2.70 bits per heavy atom. The molecule has 0 saturated carbocycles. The number of nitriles is 1. The largest absolute Gasteiger partial charge is 0.495 e. The lowest BCUT2D eigenvalue weighted by molar-refractivity contribution is -0.112. The first-order valence-corrected chi connectivity index (χ1v) is 8.96. The Balaban J connectivity index is 1.91. The molecule has 1 aliphatic heterocycles. The fourth-order valence-electron chi connectivity index (χ4n) is 2.47. The second-order valence-corrected chi connectivity index (χ2v) is 6.91. The Morgan fingerprint density at radius 1 is 1.33 bits per heavy atom. The number of fused-ring (bicyclic) bond motifs is 1. The number of hydrogen-bond donors (Lipinski definition) is 1. The number of benzene rings is 2. The number of nitrogens with zero attached hydrogens (tertiary/aromatic N) is 1. The number of nitrogens with one attached hydrogen (secondary N) is 1. The van der Waals surface area contributed by atoms with Gasteiger partial charge in [0.05, 0.1) is 12.8 Å². The first kappa shape index (κ1) is 19.1. The number of halogens is 2. The van der Waals surface area contributed by atoms with Crippen molar-refractivity contribution in [3.8, 4) is 23.3 Å². The van der Waals surface area contributed by atoms with Crippen LogP contribution in [0.15, 0.2) is 34.3 Å². The summed E-state index contributed by atoms with van der Waals surface area (Å²) in [5.74, 6) is 0.989. The highest BCUT2D eigenvalue weighted by Crippen LogP contribution is 2.38. The quantitative estimate of drug-likeness (QED) is 0.541. The van der Waals surface area contributed by atoms with E-state index in [0.717, 1.165) is 5.56 Å². The molecule has 0 radical (unpaired) electrons. The SMILES string of the molecule is COc1cc(Cl)c(C)cc1NC(=O)/C(C#N)=C/c1cc2c(cc1Br)OCO2. The van der Waals surface area contributed by atoms with E-state index in [1.165, 1.54) is 13.2 Å². The molecular formula is C19H14BrClN2O4. The molecule has 0 saturated heterocycles. The molecule has 6 nitrogen and oxygen atoms in total. The fourth-order valence-corrected chi connectivity index (χ4v) is 3.06. The van der Waals surface area contributed by atoms with Gasteiger partial charge in [-0.15, -0.1) is 0 Å². The first-order valence-electron chi connectivity index (χ1n) is 7.79. The molecule has 2 aromatic carbocycles. The number of anilines is 1. The molecule has 138 valence electrons. The molecule has 0 unspecified atom stereocenters. The summed E-state index contributed by atoms with van der Waals surface area (Å²) in [6, 6.07) is 8.64. The predicted octanol–water partition coefficient (Wildman–Crippen LogP) is 4.69. The average Bonchev–Trinajstić information content (AvgIpc) is 3.09. The Bertz CT molecular complexity index is 998. The van der Waals surface area contributed by atoms with Crippen LogP contribution in [-0.2, 0) is 4.79 Å². The number of carbonyl (C=O) groups is 1. The van der Waals surface area contributed by atoms with Crippen molar-refractivity contribution in [2.24, 2.45) is 0 Å². The highest BCUT2D eigenvalue weighted by atomic mass is 79.9. The lowest BCUT2D eigenvalue weighted by Gasteiger charge is -2.12. The lowest BCUT2D eigenvalue weighted by atomic mass is 10.1. The van der Waals surface area contributed by atoms with Crippen LogP contribution in [0, 0.1) is 18.3 Å². The third-order valence-corrected chi connectivity index (χ3v) is 4.98. The van der Waals surface area contributed by atoms with E-state index in [4.69, 9.17) is 25.8 Å². The number of carbonyl (C=O) groups excluding carboxylic acids is 1. The number of aryl methyl sites for hydroxylation is 1. The molecular weight excluding hydrogens is 436 g/mol. The van der Waals surface area contributed by atoms with Gasteiger partial charge in [0.1, 0.15) is 17.4 Å². The number of amides is 1. The monoisotopic (exact) mass is 448 g/mol. The van der Waals surface area contributed by atoms with Crippen LogP contribution in [-0.4, -0.2) is 19.8 Å². The van der Waals surface area contributed by atoms with Gasteiger partial charge in [-0.2, -0.15) is 5.26 Å². The van der Waals surface area contributed by atoms with Crippen LogP contribution >= 0.6 is 27.5 Å². The summed E-state index contributed by atoms with van der Waals surface area (Å²) in [5.41, 5.74) is 1.73. The summed E-state index contributed by atoms with van der Waals surface area (Å²) in [4.78, 5) is 12.6. The highest BCUT2D eigenvalue weighted by molar-refractivity contribution is 9.10. The van der Waals surface area contributed by atoms with Crippen molar-refractivity contribution in [1.29, 1.82) is 5.26 Å². The van der Waals surface area contributed by atoms with Crippen molar-refractivity contribution in [3.63, 3.8) is 0 Å². The molecule has 0 aliphatic carbocycles. The van der Waals surface area contributed by atoms with Crippen molar-refractivity contribution in [2.45, 2.75) is 6.92 Å². The Kier molecular flexibility index (Phi) is 5.59. The van der Waals surface area contributed by atoms with E-state index in [-0.39, 0.29) is 12.4 Å². The number of rotatable bonds is 4. The number of ether oxygens (including phenoxy) is 3. The normalized spacial score (nSPS) is 12.5. The molecule has 27 heavy (non-hydrogen) atoms. The standard InChI is InChI=1S/C19H14BrClN2O4/c1-10-3-15(16(25-2)7-14(10)21)23-19(24)12(8-22)4-11-5-17-18(6-13(11)20)27-9-26-17/h3-7H,9H2,1-2H3,(H,23,24)/b12-4+. The third-order valence-electron chi connectivity index (χ3n) is 3.89. The molecule has 1 N–H and O–H groups in total. The Morgan fingerprint density at radius 2 is 2.04 bits per heavy atom. The summed E-state index contributed by atoms with van der Waals surface area (Å²) in [7, 11) is 1.47. The third kappa shape index (κ3) is 4.02. The molecule has 0 atom stereocenters. The number of hydrogen-bond acceptors (Lipinski definition) is 5. The van der Waals surface area contributed by atoms with Gasteiger partial charge < -0.3 is 19.5 Å². The Hall–Kier alpha value is -2.69. The first-order chi connectivity index (χ1) is 12.9. The van der Waals surface area contributed by atoms with E-state index in [1.54, 1.807) is 24.3 Å². The molecule has 1 heterocycles. The van der Waals surface area contributed by atoms with Gasteiger partial charge in [-0.1, -0.05) is 27.5 Å². The zero-order valence-corrected chi connectivity index (χ0v) is 16.8. The van der Waals surface area contributed by atoms with Crippen molar-refractivity contribution in [3.05, 3.63) is 50.5 Å². The molecule has 2 aromatic rings. The molecule has 1 aliphatic rings. The molecule has 0 aromatic heterocycles. The van der Waals surface area contributed by atoms with Gasteiger partial charge in [0.15, 0.2) is 11.5 Å². The van der Waals surface area contributed by atoms with Gasteiger partial charge in [-0.3, -0.25) is 4.79 Å². The van der Waals surface area contributed by atoms with Crippen molar-refractivity contribution in [1.82, 2.24) is 0 Å². The van der Waals surface area contributed by atoms with Gasteiger partial charge >= 0.3 is 0 Å². The summed E-state index contributed by atoms with van der Waals surface area (Å²) in [6.07, 6.45) is 1.47. The minimum Gasteiger partial charge on any atom is -0.495 e. The van der Waals surface area contributed by atoms with E-state index in [1.807, 2.05) is 13.0 Å². The zero-order chi connectivity index (χ0) is 19.6. The molecule has 0 bridgehead atoms. The topological polar surface area (TPSA) is 80.6 Å². The van der Waals surface area contributed by atoms with Gasteiger partial charge in [-0.25, -0.2) is 0 Å². The maximum absolute atomic E-state index is 12.6. The number of methoxy groups -OCH3 is 1. The fraction of sp³-hybridized carbons (Fsp3) is 0.158. The van der Waals surface area contributed by atoms with E-state index >= 15 is 0 Å². The van der Waals surface area contributed by atoms with Crippen LogP contribution in [0.4, 0.5) is 5.69 Å². The van der Waals surface area contributed by atoms with Gasteiger partial charge in [0.25, 0.3) is 5.91 Å². The Labute approximate surface area is 169 Å². The lowest BCUT2D eigenvalue weighted by Crippen LogP contribution is -2.14. The minimum absolute atomic E-state index is 0.0794. The minimum atomic E-state index is -0.568. The summed E-state index contributed by atoms with van der Waals surface area (Å²) < 4.78 is 16.5. The van der Waals surface area contributed by atoms with Gasteiger partial charge in [-0.05, 0) is 42.3 Å². The second-order valence-electron chi connectivity index (χ2n) is 5.65. The summed E-state index contributed by atoms with van der Waals surface area (Å²) in [6.45, 7) is 1.94.